The van der Waals surface area contributed by atoms with Gasteiger partial charge in [-0.2, -0.15) is 0 Å². The highest BCUT2D eigenvalue weighted by molar-refractivity contribution is 6.36. The van der Waals surface area contributed by atoms with Gasteiger partial charge in [-0.05, 0) is 38.3 Å². The van der Waals surface area contributed by atoms with Gasteiger partial charge in [-0.25, -0.2) is 0 Å². The monoisotopic (exact) mass is 386 g/mol. The number of nitrogens with zero attached hydrogens (tertiary/aromatic N) is 1. The number of hydrogen-bond acceptors (Lipinski definition) is 2. The highest BCUT2D eigenvalue weighted by Gasteiger charge is 2.29. The number of nitrogens with one attached hydrogen (secondary N) is 1. The van der Waals surface area contributed by atoms with Crippen molar-refractivity contribution in [3.8, 4) is 0 Å². The van der Waals surface area contributed by atoms with E-state index in [9.17, 15) is 9.59 Å². The molecular weight excluding hydrogens is 359 g/mol. The van der Waals surface area contributed by atoms with Gasteiger partial charge in [0, 0.05) is 34.6 Å². The molecule has 2 atom stereocenters. The molecule has 0 aliphatic carbocycles. The van der Waals surface area contributed by atoms with Crippen molar-refractivity contribution in [2.75, 3.05) is 0 Å². The number of hydrogen-bond donors (Lipinski definition) is 1. The molecule has 1 N–H and O–H groups in total. The molecule has 2 amide bonds. The Balaban J connectivity index is 3.13. The average molecular weight is 387 g/mol. The van der Waals surface area contributed by atoms with Crippen LogP contribution in [0.4, 0.5) is 0 Å². The van der Waals surface area contributed by atoms with Crippen LogP contribution in [0.2, 0.25) is 10.0 Å². The summed E-state index contributed by atoms with van der Waals surface area (Å²) < 4.78 is 0. The first-order valence-electron chi connectivity index (χ1n) is 8.88. The first kappa shape index (κ1) is 21.8. The van der Waals surface area contributed by atoms with Crippen LogP contribution in [-0.2, 0) is 16.1 Å². The normalized spacial score (nSPS) is 13.2. The van der Waals surface area contributed by atoms with E-state index in [1.165, 1.54) is 0 Å². The number of carbonyl (C=O) groups is 2. The summed E-state index contributed by atoms with van der Waals surface area (Å²) in [6.45, 7) is 8.03. The second-order valence-corrected chi connectivity index (χ2v) is 7.03. The van der Waals surface area contributed by atoms with Crippen molar-refractivity contribution in [3.05, 3.63) is 33.8 Å². The average Bonchev–Trinajstić information content (AvgIpc) is 2.57. The SMILES string of the molecule is CCCC(=O)N(Cc1c(Cl)cccc1Cl)[C@@H](CC)C(=O)N[C@@H](C)CC. The van der Waals surface area contributed by atoms with Gasteiger partial charge in [0.15, 0.2) is 0 Å². The summed E-state index contributed by atoms with van der Waals surface area (Å²) in [5, 5.41) is 3.97. The minimum atomic E-state index is -0.541. The summed E-state index contributed by atoms with van der Waals surface area (Å²) in [6.07, 6.45) is 2.46. The summed E-state index contributed by atoms with van der Waals surface area (Å²) in [4.78, 5) is 27.0. The maximum Gasteiger partial charge on any atom is 0.243 e. The van der Waals surface area contributed by atoms with E-state index in [2.05, 4.69) is 5.32 Å². The van der Waals surface area contributed by atoms with E-state index in [1.54, 1.807) is 23.1 Å². The fraction of sp³-hybridized carbons (Fsp3) is 0.579. The molecule has 0 unspecified atom stereocenters. The third-order valence-corrected chi connectivity index (χ3v) is 4.95. The number of carbonyl (C=O) groups excluding carboxylic acids is 2. The Labute approximate surface area is 160 Å². The number of halogens is 2. The summed E-state index contributed by atoms with van der Waals surface area (Å²) in [5.74, 6) is -0.200. The maximum atomic E-state index is 12.7. The number of amides is 2. The van der Waals surface area contributed by atoms with Crippen molar-refractivity contribution in [1.82, 2.24) is 10.2 Å². The molecule has 1 aromatic carbocycles. The van der Waals surface area contributed by atoms with E-state index >= 15 is 0 Å². The third kappa shape index (κ3) is 6.19. The first-order chi connectivity index (χ1) is 11.8. The molecule has 0 aliphatic rings. The molecule has 0 saturated carbocycles. The molecular formula is C19H28Cl2N2O2. The third-order valence-electron chi connectivity index (χ3n) is 4.24. The summed E-state index contributed by atoms with van der Waals surface area (Å²) in [7, 11) is 0. The zero-order valence-corrected chi connectivity index (χ0v) is 17.0. The zero-order valence-electron chi connectivity index (χ0n) is 15.4. The van der Waals surface area contributed by atoms with Crippen LogP contribution >= 0.6 is 23.2 Å². The molecule has 6 heteroatoms. The number of benzene rings is 1. The van der Waals surface area contributed by atoms with E-state index in [-0.39, 0.29) is 24.4 Å². The van der Waals surface area contributed by atoms with Crippen molar-refractivity contribution in [2.45, 2.75) is 72.0 Å². The largest absolute Gasteiger partial charge is 0.352 e. The van der Waals surface area contributed by atoms with Crippen LogP contribution in [0.25, 0.3) is 0 Å². The fourth-order valence-corrected chi connectivity index (χ4v) is 3.09. The summed E-state index contributed by atoms with van der Waals surface area (Å²) in [5.41, 5.74) is 0.671. The molecule has 0 fully saturated rings. The van der Waals surface area contributed by atoms with E-state index in [1.807, 2.05) is 27.7 Å². The molecule has 1 aromatic rings. The van der Waals surface area contributed by atoms with E-state index in [4.69, 9.17) is 23.2 Å². The predicted octanol–water partition coefficient (Wildman–Crippen LogP) is 4.82. The van der Waals surface area contributed by atoms with Gasteiger partial charge in [-0.15, -0.1) is 0 Å². The molecule has 4 nitrogen and oxygen atoms in total. The van der Waals surface area contributed by atoms with Crippen LogP contribution in [-0.4, -0.2) is 28.8 Å². The molecule has 0 aliphatic heterocycles. The van der Waals surface area contributed by atoms with Gasteiger partial charge in [0.1, 0.15) is 6.04 Å². The van der Waals surface area contributed by atoms with Gasteiger partial charge in [-0.3, -0.25) is 9.59 Å². The second-order valence-electron chi connectivity index (χ2n) is 6.21. The van der Waals surface area contributed by atoms with E-state index < -0.39 is 6.04 Å². The first-order valence-corrected chi connectivity index (χ1v) is 9.63. The molecule has 0 aromatic heterocycles. The molecule has 0 bridgehead atoms. The molecule has 0 spiro atoms. The van der Waals surface area contributed by atoms with E-state index in [0.29, 0.717) is 28.5 Å². The van der Waals surface area contributed by atoms with Gasteiger partial charge in [0.25, 0.3) is 0 Å². The molecule has 140 valence electrons. The van der Waals surface area contributed by atoms with Gasteiger partial charge in [0.05, 0.1) is 0 Å². The van der Waals surface area contributed by atoms with Crippen LogP contribution in [0, 0.1) is 0 Å². The van der Waals surface area contributed by atoms with Crippen LogP contribution in [0.3, 0.4) is 0 Å². The standard InChI is InChI=1S/C19H28Cl2N2O2/c1-5-9-18(24)23(12-14-15(20)10-8-11-16(14)21)17(7-3)19(25)22-13(4)6-2/h8,10-11,13,17H,5-7,9,12H2,1-4H3,(H,22,25)/t13-,17-/m0/s1. The molecule has 0 heterocycles. The lowest BCUT2D eigenvalue weighted by Gasteiger charge is -2.32. The van der Waals surface area contributed by atoms with Crippen LogP contribution in [0.15, 0.2) is 18.2 Å². The summed E-state index contributed by atoms with van der Waals surface area (Å²) in [6, 6.07) is 4.77. The van der Waals surface area contributed by atoms with Crippen LogP contribution in [0.1, 0.15) is 58.9 Å². The minimum absolute atomic E-state index is 0.0635. The number of rotatable bonds is 9. The second kappa shape index (κ2) is 10.7. The van der Waals surface area contributed by atoms with Crippen molar-refractivity contribution in [2.24, 2.45) is 0 Å². The van der Waals surface area contributed by atoms with Crippen LogP contribution in [0.5, 0.6) is 0 Å². The Morgan fingerprint density at radius 1 is 1.12 bits per heavy atom. The van der Waals surface area contributed by atoms with Crippen molar-refractivity contribution in [1.29, 1.82) is 0 Å². The van der Waals surface area contributed by atoms with Crippen LogP contribution < -0.4 is 5.32 Å². The Kier molecular flexibility index (Phi) is 9.30. The molecule has 0 radical (unpaired) electrons. The fourth-order valence-electron chi connectivity index (χ4n) is 2.57. The summed E-state index contributed by atoms with van der Waals surface area (Å²) >= 11 is 12.5. The Bertz CT molecular complexity index is 573. The lowest BCUT2D eigenvalue weighted by Crippen LogP contribution is -2.50. The van der Waals surface area contributed by atoms with Gasteiger partial charge in [0.2, 0.25) is 11.8 Å². The lowest BCUT2D eigenvalue weighted by atomic mass is 10.1. The Morgan fingerprint density at radius 3 is 2.20 bits per heavy atom. The topological polar surface area (TPSA) is 49.4 Å². The van der Waals surface area contributed by atoms with Gasteiger partial charge >= 0.3 is 0 Å². The van der Waals surface area contributed by atoms with Crippen molar-refractivity contribution < 1.29 is 9.59 Å². The highest BCUT2D eigenvalue weighted by atomic mass is 35.5. The van der Waals surface area contributed by atoms with Crippen molar-refractivity contribution in [3.63, 3.8) is 0 Å². The predicted molar refractivity (Wildman–Crippen MR) is 104 cm³/mol. The maximum absolute atomic E-state index is 12.7. The van der Waals surface area contributed by atoms with Gasteiger partial charge < -0.3 is 10.2 Å². The quantitative estimate of drug-likeness (QED) is 0.661. The van der Waals surface area contributed by atoms with E-state index in [0.717, 1.165) is 12.8 Å². The zero-order chi connectivity index (χ0) is 19.0. The molecule has 1 rings (SSSR count). The smallest absolute Gasteiger partial charge is 0.243 e. The highest BCUT2D eigenvalue weighted by Crippen LogP contribution is 2.27. The van der Waals surface area contributed by atoms with Gasteiger partial charge in [-0.1, -0.05) is 50.0 Å². The Morgan fingerprint density at radius 2 is 1.72 bits per heavy atom. The molecule has 0 saturated heterocycles. The Hall–Kier alpha value is -1.26. The molecule has 25 heavy (non-hydrogen) atoms. The van der Waals surface area contributed by atoms with Crippen molar-refractivity contribution >= 4 is 35.0 Å². The minimum Gasteiger partial charge on any atom is -0.352 e. The lowest BCUT2D eigenvalue weighted by molar-refractivity contribution is -0.141.